The molecule has 0 unspecified atom stereocenters. The molecule has 1 aliphatic rings. The number of nitrogens with one attached hydrogen (secondary N) is 1. The molecule has 1 amide bonds. The summed E-state index contributed by atoms with van der Waals surface area (Å²) in [5.41, 5.74) is 2.37. The molecule has 1 fully saturated rings. The van der Waals surface area contributed by atoms with Gasteiger partial charge in [0.25, 0.3) is 11.7 Å². The quantitative estimate of drug-likeness (QED) is 0.364. The van der Waals surface area contributed by atoms with Gasteiger partial charge in [0.2, 0.25) is 0 Å². The van der Waals surface area contributed by atoms with E-state index in [-0.39, 0.29) is 11.3 Å². The molecule has 170 valence electrons. The SMILES string of the molecule is CC[NH+](CC)CCN1C(=O)C(=O)C(=C(O)c2ccc(Cl)cc2)[C@@H]1c1ccc(N(C)C)cc1. The number of Topliss-reactive ketones (excluding diaryl/α,β-unsaturated/α-hetero) is 1. The highest BCUT2D eigenvalue weighted by Gasteiger charge is 2.46. The Morgan fingerprint density at radius 3 is 2.16 bits per heavy atom. The Morgan fingerprint density at radius 1 is 1.03 bits per heavy atom. The Bertz CT molecular complexity index is 996. The van der Waals surface area contributed by atoms with E-state index in [9.17, 15) is 14.7 Å². The lowest BCUT2D eigenvalue weighted by atomic mass is 9.95. The molecule has 1 aliphatic heterocycles. The van der Waals surface area contributed by atoms with Gasteiger partial charge in [-0.25, -0.2) is 0 Å². The van der Waals surface area contributed by atoms with Gasteiger partial charge in [-0.1, -0.05) is 23.7 Å². The number of hydrogen-bond donors (Lipinski definition) is 2. The number of anilines is 1. The lowest BCUT2D eigenvalue weighted by molar-refractivity contribution is -0.895. The largest absolute Gasteiger partial charge is 0.507 e. The molecule has 0 saturated carbocycles. The Kier molecular flexibility index (Phi) is 7.59. The van der Waals surface area contributed by atoms with Crippen molar-refractivity contribution >= 4 is 34.7 Å². The third-order valence-corrected chi connectivity index (χ3v) is 6.34. The van der Waals surface area contributed by atoms with Crippen molar-refractivity contribution in [1.29, 1.82) is 0 Å². The van der Waals surface area contributed by atoms with Gasteiger partial charge in [-0.3, -0.25) is 9.59 Å². The number of aliphatic hydroxyl groups is 1. The summed E-state index contributed by atoms with van der Waals surface area (Å²) in [6.07, 6.45) is 0. The van der Waals surface area contributed by atoms with Crippen molar-refractivity contribution in [3.63, 3.8) is 0 Å². The van der Waals surface area contributed by atoms with Crippen LogP contribution in [0.15, 0.2) is 54.1 Å². The van der Waals surface area contributed by atoms with E-state index in [0.29, 0.717) is 17.1 Å². The van der Waals surface area contributed by atoms with Gasteiger partial charge in [0, 0.05) is 30.4 Å². The van der Waals surface area contributed by atoms with Crippen molar-refractivity contribution < 1.29 is 19.6 Å². The number of nitrogens with zero attached hydrogens (tertiary/aromatic N) is 2. The molecular weight excluding hydrogens is 426 g/mol. The average molecular weight is 457 g/mol. The minimum Gasteiger partial charge on any atom is -0.507 e. The Balaban J connectivity index is 2.09. The Morgan fingerprint density at radius 2 is 1.62 bits per heavy atom. The van der Waals surface area contributed by atoms with Crippen LogP contribution in [0.3, 0.4) is 0 Å². The first-order chi connectivity index (χ1) is 15.3. The minimum atomic E-state index is -0.659. The molecule has 2 aromatic carbocycles. The number of carbonyl (C=O) groups excluding carboxylic acids is 2. The molecule has 0 bridgehead atoms. The van der Waals surface area contributed by atoms with Gasteiger partial charge >= 0.3 is 0 Å². The average Bonchev–Trinajstić information content (AvgIpc) is 3.04. The molecule has 0 radical (unpaired) electrons. The number of likely N-dealkylation sites (N-methyl/N-ethyl adjacent to an activating group) is 1. The normalized spacial score (nSPS) is 17.9. The van der Waals surface area contributed by atoms with Crippen molar-refractivity contribution in [3.05, 3.63) is 70.3 Å². The van der Waals surface area contributed by atoms with Gasteiger partial charge in [-0.05, 0) is 55.8 Å². The molecule has 0 aromatic heterocycles. The number of carbonyl (C=O) groups is 2. The molecule has 3 rings (SSSR count). The number of quaternary nitrogens is 1. The molecule has 2 aromatic rings. The number of aliphatic hydroxyl groups excluding tert-OH is 1. The van der Waals surface area contributed by atoms with Gasteiger partial charge < -0.3 is 19.8 Å². The summed E-state index contributed by atoms with van der Waals surface area (Å²) in [5.74, 6) is -1.41. The van der Waals surface area contributed by atoms with Crippen LogP contribution in [0.4, 0.5) is 5.69 Å². The minimum absolute atomic E-state index is 0.115. The molecular formula is C25H31ClN3O3+. The summed E-state index contributed by atoms with van der Waals surface area (Å²) in [5, 5.41) is 11.6. The second-order valence-electron chi connectivity index (χ2n) is 8.19. The summed E-state index contributed by atoms with van der Waals surface area (Å²) in [4.78, 5) is 31.1. The summed E-state index contributed by atoms with van der Waals surface area (Å²) < 4.78 is 0. The number of benzene rings is 2. The molecule has 0 aliphatic carbocycles. The lowest BCUT2D eigenvalue weighted by Gasteiger charge is -2.27. The van der Waals surface area contributed by atoms with Crippen molar-refractivity contribution in [3.8, 4) is 0 Å². The highest BCUT2D eigenvalue weighted by molar-refractivity contribution is 6.46. The van der Waals surface area contributed by atoms with E-state index in [1.165, 1.54) is 4.90 Å². The third-order valence-electron chi connectivity index (χ3n) is 6.09. The predicted octanol–water partition coefficient (Wildman–Crippen LogP) is 2.75. The smallest absolute Gasteiger partial charge is 0.295 e. The lowest BCUT2D eigenvalue weighted by Crippen LogP contribution is -3.12. The number of likely N-dealkylation sites (tertiary alicyclic amines) is 1. The van der Waals surface area contributed by atoms with Crippen LogP contribution in [0.25, 0.3) is 5.76 Å². The molecule has 6 nitrogen and oxygen atoms in total. The van der Waals surface area contributed by atoms with Crippen LogP contribution in [0, 0.1) is 0 Å². The van der Waals surface area contributed by atoms with Crippen molar-refractivity contribution in [2.45, 2.75) is 19.9 Å². The first kappa shape index (κ1) is 23.8. The van der Waals surface area contributed by atoms with Crippen LogP contribution in [0.2, 0.25) is 5.02 Å². The van der Waals surface area contributed by atoms with Crippen LogP contribution < -0.4 is 9.80 Å². The van der Waals surface area contributed by atoms with Gasteiger partial charge in [0.05, 0.1) is 37.8 Å². The maximum Gasteiger partial charge on any atom is 0.295 e. The van der Waals surface area contributed by atoms with Crippen molar-refractivity contribution in [2.75, 3.05) is 45.2 Å². The van der Waals surface area contributed by atoms with E-state index in [2.05, 4.69) is 13.8 Å². The van der Waals surface area contributed by atoms with Crippen LogP contribution in [-0.4, -0.2) is 62.0 Å². The molecule has 32 heavy (non-hydrogen) atoms. The summed E-state index contributed by atoms with van der Waals surface area (Å²) in [7, 11) is 3.91. The number of amides is 1. The van der Waals surface area contributed by atoms with E-state index in [1.807, 2.05) is 43.3 Å². The fraction of sp³-hybridized carbons (Fsp3) is 0.360. The molecule has 1 heterocycles. The fourth-order valence-corrected chi connectivity index (χ4v) is 4.18. The van der Waals surface area contributed by atoms with Gasteiger partial charge in [-0.15, -0.1) is 0 Å². The van der Waals surface area contributed by atoms with Gasteiger partial charge in [0.1, 0.15) is 5.76 Å². The second-order valence-corrected chi connectivity index (χ2v) is 8.63. The number of rotatable bonds is 8. The Labute approximate surface area is 194 Å². The predicted molar refractivity (Wildman–Crippen MR) is 128 cm³/mol. The highest BCUT2D eigenvalue weighted by Crippen LogP contribution is 2.39. The van der Waals surface area contributed by atoms with E-state index in [1.54, 1.807) is 29.2 Å². The first-order valence-corrected chi connectivity index (χ1v) is 11.3. The zero-order chi connectivity index (χ0) is 23.4. The van der Waals surface area contributed by atoms with Crippen molar-refractivity contribution in [1.82, 2.24) is 4.90 Å². The monoisotopic (exact) mass is 456 g/mol. The maximum atomic E-state index is 13.1. The summed E-state index contributed by atoms with van der Waals surface area (Å²) in [6, 6.07) is 13.7. The van der Waals surface area contributed by atoms with Crippen LogP contribution in [0.5, 0.6) is 0 Å². The van der Waals surface area contributed by atoms with E-state index >= 15 is 0 Å². The molecule has 1 atom stereocenters. The van der Waals surface area contributed by atoms with Crippen molar-refractivity contribution in [2.24, 2.45) is 0 Å². The van der Waals surface area contributed by atoms with Gasteiger partial charge in [-0.2, -0.15) is 0 Å². The molecule has 2 N–H and O–H groups in total. The molecule has 1 saturated heterocycles. The van der Waals surface area contributed by atoms with Gasteiger partial charge in [0.15, 0.2) is 0 Å². The van der Waals surface area contributed by atoms with E-state index in [0.717, 1.165) is 30.9 Å². The summed E-state index contributed by atoms with van der Waals surface area (Å²) in [6.45, 7) is 7.24. The number of ketones is 1. The third kappa shape index (κ3) is 4.81. The van der Waals surface area contributed by atoms with E-state index < -0.39 is 17.7 Å². The first-order valence-electron chi connectivity index (χ1n) is 10.9. The standard InChI is InChI=1S/C25H30ClN3O3/c1-5-28(6-2)15-16-29-22(17-9-13-20(14-10-17)27(3)4)21(24(31)25(29)32)23(30)18-7-11-19(26)12-8-18/h7-14,22,30H,5-6,15-16H2,1-4H3/p+1/t22-/m0/s1. The van der Waals surface area contributed by atoms with Crippen LogP contribution in [-0.2, 0) is 9.59 Å². The fourth-order valence-electron chi connectivity index (χ4n) is 4.06. The maximum absolute atomic E-state index is 13.1. The highest BCUT2D eigenvalue weighted by atomic mass is 35.5. The zero-order valence-electron chi connectivity index (χ0n) is 19.1. The molecule has 7 heteroatoms. The van der Waals surface area contributed by atoms with Crippen LogP contribution in [0.1, 0.15) is 31.0 Å². The number of halogens is 1. The second kappa shape index (κ2) is 10.2. The van der Waals surface area contributed by atoms with Crippen LogP contribution >= 0.6 is 11.6 Å². The Hall–Kier alpha value is -2.83. The number of hydrogen-bond acceptors (Lipinski definition) is 4. The zero-order valence-corrected chi connectivity index (χ0v) is 19.8. The topological polar surface area (TPSA) is 65.3 Å². The molecule has 0 spiro atoms. The van der Waals surface area contributed by atoms with E-state index in [4.69, 9.17) is 11.6 Å². The summed E-state index contributed by atoms with van der Waals surface area (Å²) >= 11 is 5.98.